The average Bonchev–Trinajstić information content (AvgIpc) is 2.85. The van der Waals surface area contributed by atoms with Crippen molar-refractivity contribution in [1.82, 2.24) is 14.9 Å². The third-order valence-corrected chi connectivity index (χ3v) is 3.55. The molecule has 1 atom stereocenters. The molecule has 0 amide bonds. The number of likely N-dealkylation sites (N-methyl/N-ethyl adjacent to an activating group) is 1. The lowest BCUT2D eigenvalue weighted by molar-refractivity contribution is 0.550. The Balaban J connectivity index is 2.00. The van der Waals surface area contributed by atoms with E-state index in [1.807, 2.05) is 12.4 Å². The molecule has 3 heteroatoms. The molecule has 0 saturated heterocycles. The van der Waals surface area contributed by atoms with E-state index in [0.29, 0.717) is 5.92 Å². The molecule has 1 unspecified atom stereocenters. The standard InChI is InChI=1S/C16H23N3/c1-3-17-13-15(14-7-5-4-6-8-14)9-10-16-18-11-12-19(16)2/h4-8,11-12,15,17H,3,9-10,13H2,1-2H3. The largest absolute Gasteiger partial charge is 0.338 e. The molecular formula is C16H23N3. The third kappa shape index (κ3) is 3.93. The Kier molecular flexibility index (Phi) is 5.16. The fourth-order valence-corrected chi connectivity index (χ4v) is 2.37. The molecule has 0 spiro atoms. The minimum atomic E-state index is 0.554. The zero-order valence-electron chi connectivity index (χ0n) is 11.8. The van der Waals surface area contributed by atoms with Crippen LogP contribution < -0.4 is 5.32 Å². The molecule has 0 aliphatic heterocycles. The molecule has 102 valence electrons. The summed E-state index contributed by atoms with van der Waals surface area (Å²) in [5.41, 5.74) is 1.41. The van der Waals surface area contributed by atoms with E-state index in [9.17, 15) is 0 Å². The van der Waals surface area contributed by atoms with Crippen LogP contribution >= 0.6 is 0 Å². The van der Waals surface area contributed by atoms with Crippen molar-refractivity contribution < 1.29 is 0 Å². The van der Waals surface area contributed by atoms with Gasteiger partial charge in [-0.15, -0.1) is 0 Å². The van der Waals surface area contributed by atoms with Crippen molar-refractivity contribution in [3.8, 4) is 0 Å². The van der Waals surface area contributed by atoms with Crippen molar-refractivity contribution in [3.63, 3.8) is 0 Å². The molecule has 2 rings (SSSR count). The lowest BCUT2D eigenvalue weighted by atomic mass is 9.94. The number of hydrogen-bond donors (Lipinski definition) is 1. The highest BCUT2D eigenvalue weighted by Gasteiger charge is 2.12. The molecule has 1 heterocycles. The third-order valence-electron chi connectivity index (χ3n) is 3.55. The van der Waals surface area contributed by atoms with E-state index >= 15 is 0 Å². The van der Waals surface area contributed by atoms with E-state index < -0.39 is 0 Å². The lowest BCUT2D eigenvalue weighted by Gasteiger charge is -2.17. The summed E-state index contributed by atoms with van der Waals surface area (Å²) < 4.78 is 2.11. The minimum Gasteiger partial charge on any atom is -0.338 e. The van der Waals surface area contributed by atoms with Crippen LogP contribution in [-0.4, -0.2) is 22.6 Å². The van der Waals surface area contributed by atoms with E-state index in [4.69, 9.17) is 0 Å². The van der Waals surface area contributed by atoms with Gasteiger partial charge in [0, 0.05) is 32.4 Å². The van der Waals surface area contributed by atoms with Crippen molar-refractivity contribution in [2.24, 2.45) is 7.05 Å². The number of benzene rings is 1. The van der Waals surface area contributed by atoms with Crippen molar-refractivity contribution in [3.05, 3.63) is 54.1 Å². The van der Waals surface area contributed by atoms with Crippen LogP contribution in [0.1, 0.15) is 30.7 Å². The van der Waals surface area contributed by atoms with Gasteiger partial charge in [-0.3, -0.25) is 0 Å². The van der Waals surface area contributed by atoms with Crippen molar-refractivity contribution >= 4 is 0 Å². The maximum atomic E-state index is 4.40. The SMILES string of the molecule is CCNCC(CCc1nccn1C)c1ccccc1. The molecule has 19 heavy (non-hydrogen) atoms. The Labute approximate surface area is 115 Å². The molecule has 1 aromatic carbocycles. The number of nitrogens with one attached hydrogen (secondary N) is 1. The van der Waals surface area contributed by atoms with E-state index in [0.717, 1.165) is 31.8 Å². The number of nitrogens with zero attached hydrogens (tertiary/aromatic N) is 2. The highest BCUT2D eigenvalue weighted by molar-refractivity contribution is 5.20. The van der Waals surface area contributed by atoms with Gasteiger partial charge in [-0.1, -0.05) is 37.3 Å². The van der Waals surface area contributed by atoms with Gasteiger partial charge in [-0.25, -0.2) is 4.98 Å². The quantitative estimate of drug-likeness (QED) is 0.826. The summed E-state index contributed by atoms with van der Waals surface area (Å²) in [6.07, 6.45) is 6.03. The van der Waals surface area contributed by atoms with Gasteiger partial charge in [-0.2, -0.15) is 0 Å². The second-order valence-corrected chi connectivity index (χ2v) is 4.91. The van der Waals surface area contributed by atoms with Crippen LogP contribution in [0.5, 0.6) is 0 Å². The Morgan fingerprint density at radius 1 is 1.26 bits per heavy atom. The second kappa shape index (κ2) is 7.10. The minimum absolute atomic E-state index is 0.554. The van der Waals surface area contributed by atoms with Gasteiger partial charge in [0.25, 0.3) is 0 Å². The fourth-order valence-electron chi connectivity index (χ4n) is 2.37. The first-order valence-corrected chi connectivity index (χ1v) is 7.03. The van der Waals surface area contributed by atoms with Crippen LogP contribution in [0, 0.1) is 0 Å². The summed E-state index contributed by atoms with van der Waals surface area (Å²) in [7, 11) is 2.06. The second-order valence-electron chi connectivity index (χ2n) is 4.91. The zero-order valence-corrected chi connectivity index (χ0v) is 11.8. The molecular weight excluding hydrogens is 234 g/mol. The van der Waals surface area contributed by atoms with Gasteiger partial charge in [0.2, 0.25) is 0 Å². The monoisotopic (exact) mass is 257 g/mol. The van der Waals surface area contributed by atoms with Crippen LogP contribution in [0.2, 0.25) is 0 Å². The number of hydrogen-bond acceptors (Lipinski definition) is 2. The van der Waals surface area contributed by atoms with Crippen LogP contribution in [0.15, 0.2) is 42.7 Å². The maximum absolute atomic E-state index is 4.40. The molecule has 0 saturated carbocycles. The van der Waals surface area contributed by atoms with E-state index in [1.54, 1.807) is 0 Å². The predicted octanol–water partition coefficient (Wildman–Crippen LogP) is 2.75. The summed E-state index contributed by atoms with van der Waals surface area (Å²) in [4.78, 5) is 4.40. The van der Waals surface area contributed by atoms with Gasteiger partial charge < -0.3 is 9.88 Å². The van der Waals surface area contributed by atoms with E-state index in [1.165, 1.54) is 5.56 Å². The summed E-state index contributed by atoms with van der Waals surface area (Å²) in [5, 5.41) is 3.46. The van der Waals surface area contributed by atoms with Crippen molar-refractivity contribution in [2.45, 2.75) is 25.7 Å². The van der Waals surface area contributed by atoms with Crippen LogP contribution in [-0.2, 0) is 13.5 Å². The first kappa shape index (κ1) is 13.8. The predicted molar refractivity (Wildman–Crippen MR) is 79.3 cm³/mol. The van der Waals surface area contributed by atoms with Gasteiger partial charge >= 0.3 is 0 Å². The molecule has 2 aromatic rings. The summed E-state index contributed by atoms with van der Waals surface area (Å²) in [5.74, 6) is 1.72. The molecule has 0 radical (unpaired) electrons. The zero-order chi connectivity index (χ0) is 13.5. The van der Waals surface area contributed by atoms with Gasteiger partial charge in [0.1, 0.15) is 5.82 Å². The first-order valence-electron chi connectivity index (χ1n) is 7.03. The van der Waals surface area contributed by atoms with Gasteiger partial charge in [-0.05, 0) is 24.4 Å². The Morgan fingerprint density at radius 2 is 2.05 bits per heavy atom. The van der Waals surface area contributed by atoms with Gasteiger partial charge in [0.05, 0.1) is 0 Å². The summed E-state index contributed by atoms with van der Waals surface area (Å²) in [6.45, 7) is 4.21. The van der Waals surface area contributed by atoms with E-state index in [-0.39, 0.29) is 0 Å². The molecule has 0 fully saturated rings. The number of rotatable bonds is 7. The fraction of sp³-hybridized carbons (Fsp3) is 0.438. The molecule has 1 aromatic heterocycles. The van der Waals surface area contributed by atoms with Crippen molar-refractivity contribution in [1.29, 1.82) is 0 Å². The molecule has 0 aliphatic carbocycles. The highest BCUT2D eigenvalue weighted by atomic mass is 15.0. The van der Waals surface area contributed by atoms with Crippen molar-refractivity contribution in [2.75, 3.05) is 13.1 Å². The highest BCUT2D eigenvalue weighted by Crippen LogP contribution is 2.20. The van der Waals surface area contributed by atoms with Crippen LogP contribution in [0.25, 0.3) is 0 Å². The Morgan fingerprint density at radius 3 is 2.68 bits per heavy atom. The topological polar surface area (TPSA) is 29.9 Å². The number of aromatic nitrogens is 2. The van der Waals surface area contributed by atoms with E-state index in [2.05, 4.69) is 59.2 Å². The number of imidazole rings is 1. The average molecular weight is 257 g/mol. The summed E-state index contributed by atoms with van der Waals surface area (Å²) >= 11 is 0. The summed E-state index contributed by atoms with van der Waals surface area (Å²) in [6, 6.07) is 10.8. The molecule has 3 nitrogen and oxygen atoms in total. The number of aryl methyl sites for hydroxylation is 2. The Hall–Kier alpha value is -1.61. The van der Waals surface area contributed by atoms with Crippen LogP contribution in [0.3, 0.4) is 0 Å². The van der Waals surface area contributed by atoms with Crippen LogP contribution in [0.4, 0.5) is 0 Å². The maximum Gasteiger partial charge on any atom is 0.108 e. The molecule has 1 N–H and O–H groups in total. The first-order chi connectivity index (χ1) is 9.31. The normalized spacial score (nSPS) is 12.5. The van der Waals surface area contributed by atoms with Gasteiger partial charge in [0.15, 0.2) is 0 Å². The smallest absolute Gasteiger partial charge is 0.108 e. The Bertz CT molecular complexity index is 476. The molecule has 0 aliphatic rings. The molecule has 0 bridgehead atoms. The lowest BCUT2D eigenvalue weighted by Crippen LogP contribution is -2.22.